The van der Waals surface area contributed by atoms with E-state index in [0.29, 0.717) is 19.6 Å². The van der Waals surface area contributed by atoms with E-state index in [1.165, 1.54) is 6.08 Å². The van der Waals surface area contributed by atoms with Gasteiger partial charge in [0, 0.05) is 12.0 Å². The first-order chi connectivity index (χ1) is 8.85. The normalized spacial score (nSPS) is 25.4. The van der Waals surface area contributed by atoms with Gasteiger partial charge in [-0.1, -0.05) is 13.0 Å². The van der Waals surface area contributed by atoms with Crippen LogP contribution in [0.3, 0.4) is 0 Å². The van der Waals surface area contributed by atoms with E-state index in [9.17, 15) is 9.90 Å². The van der Waals surface area contributed by atoms with Gasteiger partial charge in [0.05, 0.1) is 25.4 Å². The van der Waals surface area contributed by atoms with Crippen molar-refractivity contribution < 1.29 is 24.1 Å². The molecule has 19 heavy (non-hydrogen) atoms. The number of aliphatic hydroxyl groups excluding tert-OH is 1. The van der Waals surface area contributed by atoms with Crippen LogP contribution >= 0.6 is 0 Å². The second kappa shape index (κ2) is 7.03. The van der Waals surface area contributed by atoms with Crippen molar-refractivity contribution in [2.75, 3.05) is 13.2 Å². The fourth-order valence-electron chi connectivity index (χ4n) is 1.93. The monoisotopic (exact) mass is 272 g/mol. The van der Waals surface area contributed by atoms with E-state index in [1.54, 1.807) is 13.0 Å². The van der Waals surface area contributed by atoms with Gasteiger partial charge in [0.15, 0.2) is 5.79 Å². The van der Waals surface area contributed by atoms with Gasteiger partial charge in [-0.3, -0.25) is 0 Å². The van der Waals surface area contributed by atoms with E-state index < -0.39 is 11.9 Å². The molecule has 0 amide bonds. The van der Waals surface area contributed by atoms with E-state index in [2.05, 4.69) is 0 Å². The van der Waals surface area contributed by atoms with E-state index in [-0.39, 0.29) is 18.0 Å². The Morgan fingerprint density at radius 3 is 2.79 bits per heavy atom. The largest absolute Gasteiger partial charge is 0.463 e. The molecule has 0 bridgehead atoms. The Balaban J connectivity index is 2.37. The van der Waals surface area contributed by atoms with E-state index in [1.807, 2.05) is 20.8 Å². The van der Waals surface area contributed by atoms with E-state index in [4.69, 9.17) is 14.2 Å². The van der Waals surface area contributed by atoms with Crippen LogP contribution in [-0.2, 0) is 19.0 Å². The zero-order valence-electron chi connectivity index (χ0n) is 12.1. The summed E-state index contributed by atoms with van der Waals surface area (Å²) in [5.41, 5.74) is 0. The first kappa shape index (κ1) is 16.1. The van der Waals surface area contributed by atoms with Gasteiger partial charge in [0.25, 0.3) is 0 Å². The van der Waals surface area contributed by atoms with Crippen LogP contribution < -0.4 is 0 Å². The number of aliphatic hydroxyl groups is 1. The predicted octanol–water partition coefficient (Wildman–Crippen LogP) is 1.64. The summed E-state index contributed by atoms with van der Waals surface area (Å²) in [5.74, 6) is -1.03. The fraction of sp³-hybridized carbons (Fsp3) is 0.786. The van der Waals surface area contributed by atoms with Crippen molar-refractivity contribution in [3.8, 4) is 0 Å². The molecule has 1 rings (SSSR count). The predicted molar refractivity (Wildman–Crippen MR) is 70.5 cm³/mol. The summed E-state index contributed by atoms with van der Waals surface area (Å²) < 4.78 is 15.9. The first-order valence-electron chi connectivity index (χ1n) is 6.69. The molecular formula is C14H24O5. The van der Waals surface area contributed by atoms with Gasteiger partial charge in [-0.15, -0.1) is 0 Å². The Bertz CT molecular complexity index is 324. The minimum atomic E-state index is -0.584. The van der Waals surface area contributed by atoms with E-state index in [0.717, 1.165) is 0 Å². The average Bonchev–Trinajstić information content (AvgIpc) is 2.69. The number of carbonyl (C=O) groups is 1. The minimum Gasteiger partial charge on any atom is -0.463 e. The van der Waals surface area contributed by atoms with Crippen LogP contribution in [0.15, 0.2) is 12.2 Å². The number of carbonyl (C=O) groups excluding carboxylic acids is 1. The molecule has 1 aliphatic rings. The summed E-state index contributed by atoms with van der Waals surface area (Å²) in [5, 5.41) is 10.1. The van der Waals surface area contributed by atoms with Crippen LogP contribution in [0.5, 0.6) is 0 Å². The average molecular weight is 272 g/mol. The van der Waals surface area contributed by atoms with Gasteiger partial charge in [-0.05, 0) is 27.2 Å². The second-order valence-electron chi connectivity index (χ2n) is 5.18. The van der Waals surface area contributed by atoms with Gasteiger partial charge in [-0.2, -0.15) is 0 Å². The molecule has 1 aliphatic heterocycles. The van der Waals surface area contributed by atoms with Crippen molar-refractivity contribution in [2.24, 2.45) is 5.92 Å². The molecule has 0 aromatic heterocycles. The Morgan fingerprint density at radius 1 is 1.58 bits per heavy atom. The summed E-state index contributed by atoms with van der Waals surface area (Å²) in [4.78, 5) is 11.1. The lowest BCUT2D eigenvalue weighted by Crippen LogP contribution is -2.32. The quantitative estimate of drug-likeness (QED) is 0.588. The van der Waals surface area contributed by atoms with Crippen LogP contribution in [0, 0.1) is 5.92 Å². The van der Waals surface area contributed by atoms with Gasteiger partial charge in [0.1, 0.15) is 0 Å². The van der Waals surface area contributed by atoms with Gasteiger partial charge >= 0.3 is 5.97 Å². The molecule has 0 spiro atoms. The molecule has 1 fully saturated rings. The Hall–Kier alpha value is -0.910. The molecule has 1 saturated heterocycles. The topological polar surface area (TPSA) is 65.0 Å². The SMILES string of the molecule is CCOC(=O)/C=C/C[C@H](O)[C@@H](C)[C@H]1COC(C)(C)O1. The highest BCUT2D eigenvalue weighted by molar-refractivity contribution is 5.81. The van der Waals surface area contributed by atoms with Crippen molar-refractivity contribution in [1.82, 2.24) is 0 Å². The highest BCUT2D eigenvalue weighted by Crippen LogP contribution is 2.28. The lowest BCUT2D eigenvalue weighted by Gasteiger charge is -2.24. The molecule has 5 heteroatoms. The van der Waals surface area contributed by atoms with Crippen molar-refractivity contribution in [3.63, 3.8) is 0 Å². The number of hydrogen-bond donors (Lipinski definition) is 1. The Morgan fingerprint density at radius 2 is 2.26 bits per heavy atom. The maximum Gasteiger partial charge on any atom is 0.330 e. The lowest BCUT2D eigenvalue weighted by molar-refractivity contribution is -0.148. The van der Waals surface area contributed by atoms with E-state index >= 15 is 0 Å². The third-order valence-electron chi connectivity index (χ3n) is 3.14. The van der Waals surface area contributed by atoms with Gasteiger partial charge in [0.2, 0.25) is 0 Å². The molecule has 0 aliphatic carbocycles. The van der Waals surface area contributed by atoms with Crippen molar-refractivity contribution in [3.05, 3.63) is 12.2 Å². The summed E-state index contributed by atoms with van der Waals surface area (Å²) in [6, 6.07) is 0. The smallest absolute Gasteiger partial charge is 0.330 e. The molecule has 0 radical (unpaired) electrons. The lowest BCUT2D eigenvalue weighted by atomic mass is 9.96. The minimum absolute atomic E-state index is 0.0615. The third kappa shape index (κ3) is 5.30. The Labute approximate surface area is 114 Å². The molecule has 3 atom stereocenters. The van der Waals surface area contributed by atoms with Crippen molar-refractivity contribution in [2.45, 2.75) is 52.1 Å². The van der Waals surface area contributed by atoms with Crippen molar-refractivity contribution in [1.29, 1.82) is 0 Å². The zero-order valence-corrected chi connectivity index (χ0v) is 12.1. The van der Waals surface area contributed by atoms with Crippen LogP contribution in [0.2, 0.25) is 0 Å². The van der Waals surface area contributed by atoms with Crippen molar-refractivity contribution >= 4 is 5.97 Å². The Kier molecular flexibility index (Phi) is 5.97. The number of rotatable bonds is 6. The molecule has 0 unspecified atom stereocenters. The summed E-state index contributed by atoms with van der Waals surface area (Å²) in [7, 11) is 0. The molecule has 110 valence electrons. The summed E-state index contributed by atoms with van der Waals surface area (Å²) >= 11 is 0. The van der Waals surface area contributed by atoms with Crippen LogP contribution in [-0.4, -0.2) is 42.3 Å². The van der Waals surface area contributed by atoms with Crippen LogP contribution in [0.1, 0.15) is 34.1 Å². The third-order valence-corrected chi connectivity index (χ3v) is 3.14. The zero-order chi connectivity index (χ0) is 14.5. The summed E-state index contributed by atoms with van der Waals surface area (Å²) in [6.45, 7) is 8.21. The standard InChI is InChI=1S/C14H24O5/c1-5-17-13(16)8-6-7-11(15)10(2)12-9-18-14(3,4)19-12/h6,8,10-12,15H,5,7,9H2,1-4H3/b8-6+/t10-,11+,12-/m1/s1. The highest BCUT2D eigenvalue weighted by atomic mass is 16.7. The van der Waals surface area contributed by atoms with Crippen LogP contribution in [0.25, 0.3) is 0 Å². The molecule has 1 N–H and O–H groups in total. The molecule has 5 nitrogen and oxygen atoms in total. The number of hydrogen-bond acceptors (Lipinski definition) is 5. The fourth-order valence-corrected chi connectivity index (χ4v) is 1.93. The van der Waals surface area contributed by atoms with Crippen LogP contribution in [0.4, 0.5) is 0 Å². The van der Waals surface area contributed by atoms with Gasteiger partial charge in [-0.25, -0.2) is 4.79 Å². The first-order valence-corrected chi connectivity index (χ1v) is 6.69. The maximum absolute atomic E-state index is 11.1. The summed E-state index contributed by atoms with van der Waals surface area (Å²) in [6.07, 6.45) is 2.66. The molecule has 0 aromatic rings. The van der Waals surface area contributed by atoms with Gasteiger partial charge < -0.3 is 19.3 Å². The number of ether oxygens (including phenoxy) is 3. The molecule has 0 saturated carbocycles. The second-order valence-corrected chi connectivity index (χ2v) is 5.18. The maximum atomic E-state index is 11.1. The molecule has 1 heterocycles. The molecular weight excluding hydrogens is 248 g/mol. The molecule has 0 aromatic carbocycles. The highest BCUT2D eigenvalue weighted by Gasteiger charge is 2.37. The number of esters is 1.